The second-order valence-electron chi connectivity index (χ2n) is 14.5. The molecule has 49 heavy (non-hydrogen) atoms. The average Bonchev–Trinajstić information content (AvgIpc) is 3.43. The number of nitrogens with one attached hydrogen (secondary N) is 2. The summed E-state index contributed by atoms with van der Waals surface area (Å²) in [7, 11) is 0. The van der Waals surface area contributed by atoms with Crippen molar-refractivity contribution < 1.29 is 38.2 Å². The van der Waals surface area contributed by atoms with E-state index in [0.717, 1.165) is 0 Å². The quantitative estimate of drug-likeness (QED) is 0.171. The van der Waals surface area contributed by atoms with Crippen LogP contribution in [-0.4, -0.2) is 57.4 Å². The molecule has 1 fully saturated rings. The molecule has 10 nitrogen and oxygen atoms in total. The molecule has 3 aromatic rings. The number of esters is 1. The molecule has 0 bridgehead atoms. The van der Waals surface area contributed by atoms with Crippen LogP contribution in [0.1, 0.15) is 93.9 Å². The van der Waals surface area contributed by atoms with Gasteiger partial charge in [-0.3, -0.25) is 0 Å². The predicted octanol–water partition coefficient (Wildman–Crippen LogP) is 6.99. The van der Waals surface area contributed by atoms with Crippen LogP contribution in [0.25, 0.3) is 0 Å². The zero-order valence-corrected chi connectivity index (χ0v) is 30.0. The number of carbonyl (C=O) groups is 4. The highest BCUT2D eigenvalue weighted by Crippen LogP contribution is 2.39. The number of imide groups is 1. The van der Waals surface area contributed by atoms with Crippen molar-refractivity contribution >= 4 is 35.6 Å². The van der Waals surface area contributed by atoms with Crippen LogP contribution in [0.5, 0.6) is 0 Å². The van der Waals surface area contributed by atoms with Crippen molar-refractivity contribution in [3.8, 4) is 0 Å². The van der Waals surface area contributed by atoms with Crippen molar-refractivity contribution in [2.75, 3.05) is 6.54 Å². The number of quaternary nitrogens is 1. The van der Waals surface area contributed by atoms with Gasteiger partial charge in [-0.1, -0.05) is 60.1 Å². The lowest BCUT2D eigenvalue weighted by molar-refractivity contribution is -0.788. The fraction of sp³-hybridized carbons (Fsp3) is 0.421. The summed E-state index contributed by atoms with van der Waals surface area (Å²) in [6.45, 7) is 12.8. The van der Waals surface area contributed by atoms with E-state index in [1.165, 1.54) is 24.3 Å². The van der Waals surface area contributed by atoms with Gasteiger partial charge in [0.1, 0.15) is 17.2 Å². The van der Waals surface area contributed by atoms with E-state index in [-0.39, 0.29) is 30.8 Å². The maximum Gasteiger partial charge on any atom is 0.424 e. The molecule has 0 saturated carbocycles. The van der Waals surface area contributed by atoms with Crippen molar-refractivity contribution in [2.45, 2.75) is 97.2 Å². The number of ether oxygens (including phenoxy) is 2. The number of hydrogen-bond acceptors (Lipinski definition) is 7. The van der Waals surface area contributed by atoms with E-state index >= 15 is 0 Å². The van der Waals surface area contributed by atoms with Crippen LogP contribution >= 0.6 is 11.6 Å². The van der Waals surface area contributed by atoms with Gasteiger partial charge in [0.2, 0.25) is 5.60 Å². The van der Waals surface area contributed by atoms with E-state index < -0.39 is 51.3 Å². The zero-order valence-electron chi connectivity index (χ0n) is 29.3. The Morgan fingerprint density at radius 2 is 1.41 bits per heavy atom. The van der Waals surface area contributed by atoms with E-state index in [2.05, 4.69) is 10.6 Å². The second kappa shape index (κ2) is 14.7. The first-order chi connectivity index (χ1) is 22.9. The maximum absolute atomic E-state index is 15.0. The van der Waals surface area contributed by atoms with Crippen LogP contribution in [0.3, 0.4) is 0 Å². The Bertz CT molecular complexity index is 1680. The number of nitrogens with zero attached hydrogens (tertiary/aromatic N) is 1. The van der Waals surface area contributed by atoms with Crippen molar-refractivity contribution in [1.82, 2.24) is 10.6 Å². The molecule has 262 valence electrons. The number of halogens is 1. The van der Waals surface area contributed by atoms with E-state index in [1.54, 1.807) is 90.1 Å². The smallest absolute Gasteiger partial charge is 0.424 e. The van der Waals surface area contributed by atoms with Crippen LogP contribution in [-0.2, 0) is 33.0 Å². The van der Waals surface area contributed by atoms with E-state index in [9.17, 15) is 24.3 Å². The van der Waals surface area contributed by atoms with Gasteiger partial charge in [0.05, 0.1) is 12.1 Å². The minimum Gasteiger partial charge on any atom is -0.456 e. The molecule has 1 aliphatic heterocycles. The highest BCUT2D eigenvalue weighted by Gasteiger charge is 2.61. The van der Waals surface area contributed by atoms with Crippen LogP contribution in [0.2, 0.25) is 5.02 Å². The molecule has 1 saturated heterocycles. The first kappa shape index (κ1) is 37.6. The molecule has 0 aliphatic carbocycles. The molecule has 0 spiro atoms. The number of aliphatic hydroxyl groups is 1. The first-order valence-corrected chi connectivity index (χ1v) is 16.8. The molecule has 2 unspecified atom stereocenters. The van der Waals surface area contributed by atoms with Gasteiger partial charge in [-0.05, 0) is 83.9 Å². The predicted molar refractivity (Wildman–Crippen MR) is 187 cm³/mol. The number of amides is 4. The van der Waals surface area contributed by atoms with Gasteiger partial charge in [0.15, 0.2) is 0 Å². The molecule has 0 aromatic heterocycles. The first-order valence-electron chi connectivity index (χ1n) is 16.4. The fourth-order valence-electron chi connectivity index (χ4n) is 6.06. The van der Waals surface area contributed by atoms with Crippen molar-refractivity contribution in [3.05, 3.63) is 106 Å². The lowest BCUT2D eigenvalue weighted by Gasteiger charge is -2.39. The van der Waals surface area contributed by atoms with Crippen molar-refractivity contribution in [2.24, 2.45) is 0 Å². The highest BCUT2D eigenvalue weighted by molar-refractivity contribution is 6.30. The molecule has 1 heterocycles. The van der Waals surface area contributed by atoms with E-state index in [1.807, 2.05) is 6.92 Å². The Morgan fingerprint density at radius 3 is 1.98 bits per heavy atom. The molecular weight excluding hydrogens is 646 g/mol. The highest BCUT2D eigenvalue weighted by atomic mass is 35.5. The van der Waals surface area contributed by atoms with E-state index in [4.69, 9.17) is 21.1 Å². The average molecular weight is 693 g/mol. The number of rotatable bonds is 8. The number of urea groups is 1. The molecule has 3 N–H and O–H groups in total. The number of benzene rings is 3. The van der Waals surface area contributed by atoms with Crippen LogP contribution in [0.15, 0.2) is 72.8 Å². The second-order valence-corrected chi connectivity index (χ2v) is 14.9. The molecule has 1 aliphatic rings. The van der Waals surface area contributed by atoms with Crippen LogP contribution < -0.4 is 10.6 Å². The molecule has 11 heteroatoms. The summed E-state index contributed by atoms with van der Waals surface area (Å²) < 4.78 is 10.2. The normalized spacial score (nSPS) is 19.0. The van der Waals surface area contributed by atoms with Crippen molar-refractivity contribution in [1.29, 1.82) is 0 Å². The number of carbonyl (C=O) groups excluding carboxylic acids is 4. The van der Waals surface area contributed by atoms with Gasteiger partial charge >= 0.3 is 24.0 Å². The third-order valence-corrected chi connectivity index (χ3v) is 8.70. The fourth-order valence-corrected chi connectivity index (χ4v) is 6.26. The van der Waals surface area contributed by atoms with Crippen LogP contribution in [0.4, 0.5) is 9.59 Å². The zero-order chi connectivity index (χ0) is 36.2. The Balaban J connectivity index is 1.66. The summed E-state index contributed by atoms with van der Waals surface area (Å²) in [6.07, 6.45) is 0.590. The molecular formula is C38H47ClN3O7+. The largest absolute Gasteiger partial charge is 0.456 e. The monoisotopic (exact) mass is 692 g/mol. The van der Waals surface area contributed by atoms with Gasteiger partial charge in [0, 0.05) is 42.1 Å². The Labute approximate surface area is 293 Å². The summed E-state index contributed by atoms with van der Waals surface area (Å²) in [5.41, 5.74) is -1.49. The summed E-state index contributed by atoms with van der Waals surface area (Å²) >= 11 is 6.32. The maximum atomic E-state index is 15.0. The van der Waals surface area contributed by atoms with Gasteiger partial charge < -0.3 is 25.2 Å². The number of hydrogen-bond donors (Lipinski definition) is 3. The number of alkyl carbamates (subject to hydrolysis) is 1. The van der Waals surface area contributed by atoms with Gasteiger partial charge in [0.25, 0.3) is 0 Å². The topological polar surface area (TPSA) is 131 Å². The minimum absolute atomic E-state index is 0.0130. The molecule has 4 rings (SSSR count). The number of likely N-dealkylation sites (tertiary alicyclic amines) is 1. The Hall–Kier alpha value is -4.25. The summed E-state index contributed by atoms with van der Waals surface area (Å²) in [5.74, 6) is -1.24. The molecule has 3 atom stereocenters. The van der Waals surface area contributed by atoms with Gasteiger partial charge in [-0.2, -0.15) is 4.48 Å². The van der Waals surface area contributed by atoms with Gasteiger partial charge in [-0.15, -0.1) is 0 Å². The SMILES string of the molecule is C[C@@H]1CCC[N+]1(C(=O)NCc1cc(Cl)ccc1CNC(=O)OC(C)(C)C)C(=O)C(O)(c1ccccc1)c1ccc(C(=O)OC(C)(C)C)cc1. The van der Waals surface area contributed by atoms with Crippen molar-refractivity contribution in [3.63, 3.8) is 0 Å². The van der Waals surface area contributed by atoms with Crippen LogP contribution in [0, 0.1) is 0 Å². The van der Waals surface area contributed by atoms with Gasteiger partial charge in [-0.25, -0.2) is 19.2 Å². The molecule has 3 aromatic carbocycles. The third kappa shape index (κ3) is 8.68. The summed E-state index contributed by atoms with van der Waals surface area (Å²) in [5, 5.41) is 18.7. The third-order valence-electron chi connectivity index (χ3n) is 8.47. The summed E-state index contributed by atoms with van der Waals surface area (Å²) in [6, 6.07) is 18.7. The molecule has 0 radical (unpaired) electrons. The molecule has 4 amide bonds. The lowest BCUT2D eigenvalue weighted by atomic mass is 9.83. The standard InChI is InChI=1S/C38H46ClN3O7/c1-25-12-11-21-42(25,34(45)40-24-28-22-31(39)20-17-27(28)23-41-35(46)49-37(5,6)7)33(44)38(47,29-13-9-8-10-14-29)30-18-15-26(16-19-30)32(43)48-36(2,3)4/h8-10,13-20,22,25,47H,11-12,21,23-24H2,1-7H3,(H-,40,41,45,46)/p+1/t25-,38?,42?/m1/s1. The van der Waals surface area contributed by atoms with E-state index in [0.29, 0.717) is 34.6 Å². The Kier molecular flexibility index (Phi) is 11.3. The minimum atomic E-state index is -2.23. The lowest BCUT2D eigenvalue weighted by Crippen LogP contribution is -2.67. The summed E-state index contributed by atoms with van der Waals surface area (Å²) in [4.78, 5) is 54.4. The Morgan fingerprint density at radius 1 is 0.816 bits per heavy atom.